The van der Waals surface area contributed by atoms with Crippen LogP contribution in [0.5, 0.6) is 5.75 Å². The van der Waals surface area contributed by atoms with Crippen LogP contribution in [0, 0.1) is 0 Å². The van der Waals surface area contributed by atoms with Crippen molar-refractivity contribution in [1.82, 2.24) is 10.2 Å². The van der Waals surface area contributed by atoms with Crippen LogP contribution in [0.3, 0.4) is 0 Å². The number of benzene rings is 2. The van der Waals surface area contributed by atoms with Crippen molar-refractivity contribution < 1.29 is 14.3 Å². The van der Waals surface area contributed by atoms with Gasteiger partial charge in [0.15, 0.2) is 0 Å². The third-order valence-electron chi connectivity index (χ3n) is 3.52. The summed E-state index contributed by atoms with van der Waals surface area (Å²) < 4.78 is 5.33. The lowest BCUT2D eigenvalue weighted by molar-refractivity contribution is -0.129. The van der Waals surface area contributed by atoms with Gasteiger partial charge in [-0.25, -0.2) is 0 Å². The molecule has 0 unspecified atom stereocenters. The molecule has 0 radical (unpaired) electrons. The van der Waals surface area contributed by atoms with Crippen LogP contribution in [0.1, 0.15) is 22.8 Å². The maximum Gasteiger partial charge on any atom is 0.251 e. The second kappa shape index (κ2) is 8.72. The summed E-state index contributed by atoms with van der Waals surface area (Å²) in [4.78, 5) is 25.8. The molecule has 0 saturated heterocycles. The second-order valence-corrected chi connectivity index (χ2v) is 5.38. The molecule has 126 valence electrons. The summed E-state index contributed by atoms with van der Waals surface area (Å²) in [6.07, 6.45) is 0. The first-order valence-corrected chi connectivity index (χ1v) is 7.89. The fourth-order valence-corrected chi connectivity index (χ4v) is 2.21. The van der Waals surface area contributed by atoms with E-state index in [2.05, 4.69) is 5.32 Å². The zero-order valence-corrected chi connectivity index (χ0v) is 14.0. The minimum absolute atomic E-state index is 0.0324. The third-order valence-corrected chi connectivity index (χ3v) is 3.52. The number of hydrogen-bond acceptors (Lipinski definition) is 3. The number of carbonyl (C=O) groups is 2. The number of nitrogens with one attached hydrogen (secondary N) is 1. The monoisotopic (exact) mass is 326 g/mol. The Bertz CT molecular complexity index is 669. The molecule has 0 aromatic heterocycles. The van der Waals surface area contributed by atoms with Gasteiger partial charge in [-0.1, -0.05) is 30.3 Å². The molecule has 1 N–H and O–H groups in total. The van der Waals surface area contributed by atoms with Crippen molar-refractivity contribution in [1.29, 1.82) is 0 Å². The molecular formula is C19H22N2O3. The number of hydrogen-bond donors (Lipinski definition) is 1. The largest absolute Gasteiger partial charge is 0.494 e. The van der Waals surface area contributed by atoms with Gasteiger partial charge >= 0.3 is 0 Å². The minimum Gasteiger partial charge on any atom is -0.494 e. The number of rotatable bonds is 7. The van der Waals surface area contributed by atoms with Gasteiger partial charge in [-0.2, -0.15) is 0 Å². The highest BCUT2D eigenvalue weighted by Gasteiger charge is 2.12. The fourth-order valence-electron chi connectivity index (χ4n) is 2.21. The van der Waals surface area contributed by atoms with Crippen LogP contribution in [-0.4, -0.2) is 36.9 Å². The Balaban J connectivity index is 1.83. The summed E-state index contributed by atoms with van der Waals surface area (Å²) in [5.74, 6) is 0.297. The summed E-state index contributed by atoms with van der Waals surface area (Å²) >= 11 is 0. The van der Waals surface area contributed by atoms with E-state index in [9.17, 15) is 9.59 Å². The quantitative estimate of drug-likeness (QED) is 0.850. The lowest BCUT2D eigenvalue weighted by atomic mass is 10.2. The summed E-state index contributed by atoms with van der Waals surface area (Å²) in [5, 5.41) is 2.65. The molecule has 0 aliphatic heterocycles. The fraction of sp³-hybridized carbons (Fsp3) is 0.263. The third kappa shape index (κ3) is 5.12. The highest BCUT2D eigenvalue weighted by Crippen LogP contribution is 2.12. The molecule has 0 fully saturated rings. The van der Waals surface area contributed by atoms with E-state index in [4.69, 9.17) is 4.74 Å². The molecule has 2 amide bonds. The van der Waals surface area contributed by atoms with Gasteiger partial charge in [-0.15, -0.1) is 0 Å². The van der Waals surface area contributed by atoms with E-state index in [0.29, 0.717) is 24.5 Å². The van der Waals surface area contributed by atoms with Crippen LogP contribution in [0.2, 0.25) is 0 Å². The van der Waals surface area contributed by atoms with Gasteiger partial charge in [0, 0.05) is 19.2 Å². The van der Waals surface area contributed by atoms with Gasteiger partial charge in [-0.05, 0) is 36.8 Å². The number of ether oxygens (including phenoxy) is 1. The lowest BCUT2D eigenvalue weighted by Gasteiger charge is -2.17. The van der Waals surface area contributed by atoms with Crippen LogP contribution in [0.15, 0.2) is 54.6 Å². The van der Waals surface area contributed by atoms with Crippen molar-refractivity contribution >= 4 is 11.8 Å². The van der Waals surface area contributed by atoms with Gasteiger partial charge in [0.25, 0.3) is 5.91 Å². The topological polar surface area (TPSA) is 58.6 Å². The first kappa shape index (κ1) is 17.5. The highest BCUT2D eigenvalue weighted by molar-refractivity contribution is 5.96. The second-order valence-electron chi connectivity index (χ2n) is 5.38. The van der Waals surface area contributed by atoms with E-state index in [1.54, 1.807) is 36.2 Å². The number of carbonyl (C=O) groups excluding carboxylic acids is 2. The first-order valence-electron chi connectivity index (χ1n) is 7.89. The van der Waals surface area contributed by atoms with E-state index in [-0.39, 0.29) is 18.4 Å². The Labute approximate surface area is 142 Å². The average Bonchev–Trinajstić information content (AvgIpc) is 2.61. The summed E-state index contributed by atoms with van der Waals surface area (Å²) in [7, 11) is 1.72. The van der Waals surface area contributed by atoms with Crippen molar-refractivity contribution in [2.24, 2.45) is 0 Å². The SMILES string of the molecule is CCOc1ccc(C(=O)NCC(=O)N(C)Cc2ccccc2)cc1. The van der Waals surface area contributed by atoms with E-state index in [1.807, 2.05) is 37.3 Å². The Morgan fingerprint density at radius 1 is 1.04 bits per heavy atom. The summed E-state index contributed by atoms with van der Waals surface area (Å²) in [5.41, 5.74) is 1.54. The molecule has 5 nitrogen and oxygen atoms in total. The molecule has 0 bridgehead atoms. The standard InChI is InChI=1S/C19H22N2O3/c1-3-24-17-11-9-16(10-12-17)19(23)20-13-18(22)21(2)14-15-7-5-4-6-8-15/h4-12H,3,13-14H2,1-2H3,(H,20,23). The van der Waals surface area contributed by atoms with Crippen molar-refractivity contribution in [2.45, 2.75) is 13.5 Å². The normalized spacial score (nSPS) is 10.1. The van der Waals surface area contributed by atoms with Gasteiger partial charge in [0.1, 0.15) is 5.75 Å². The summed E-state index contributed by atoms with van der Waals surface area (Å²) in [6.45, 7) is 2.96. The molecule has 24 heavy (non-hydrogen) atoms. The predicted molar refractivity (Wildman–Crippen MR) is 92.9 cm³/mol. The van der Waals surface area contributed by atoms with E-state index in [1.165, 1.54) is 0 Å². The zero-order valence-electron chi connectivity index (χ0n) is 14.0. The van der Waals surface area contributed by atoms with Crippen molar-refractivity contribution in [2.75, 3.05) is 20.2 Å². The van der Waals surface area contributed by atoms with E-state index >= 15 is 0 Å². The number of nitrogens with zero attached hydrogens (tertiary/aromatic N) is 1. The molecule has 0 aliphatic carbocycles. The maximum absolute atomic E-state index is 12.1. The number of amides is 2. The summed E-state index contributed by atoms with van der Waals surface area (Å²) in [6, 6.07) is 16.6. The van der Waals surface area contributed by atoms with E-state index in [0.717, 1.165) is 5.56 Å². The van der Waals surface area contributed by atoms with Crippen LogP contribution in [-0.2, 0) is 11.3 Å². The van der Waals surface area contributed by atoms with Gasteiger partial charge in [-0.3, -0.25) is 9.59 Å². The molecule has 0 aliphatic rings. The molecule has 0 saturated carbocycles. The average molecular weight is 326 g/mol. The van der Waals surface area contributed by atoms with E-state index < -0.39 is 0 Å². The minimum atomic E-state index is -0.278. The Morgan fingerprint density at radius 2 is 1.71 bits per heavy atom. The van der Waals surface area contributed by atoms with Gasteiger partial charge in [0.2, 0.25) is 5.91 Å². The van der Waals surface area contributed by atoms with Crippen molar-refractivity contribution in [3.05, 3.63) is 65.7 Å². The molecule has 0 spiro atoms. The first-order chi connectivity index (χ1) is 11.6. The lowest BCUT2D eigenvalue weighted by Crippen LogP contribution is -2.37. The molecule has 5 heteroatoms. The smallest absolute Gasteiger partial charge is 0.251 e. The highest BCUT2D eigenvalue weighted by atomic mass is 16.5. The predicted octanol–water partition coefficient (Wildman–Crippen LogP) is 2.47. The molecule has 2 aromatic carbocycles. The Morgan fingerprint density at radius 3 is 2.33 bits per heavy atom. The molecule has 0 atom stereocenters. The Hall–Kier alpha value is -2.82. The van der Waals surface area contributed by atoms with Crippen molar-refractivity contribution in [3.8, 4) is 5.75 Å². The molecule has 2 rings (SSSR count). The van der Waals surface area contributed by atoms with Crippen molar-refractivity contribution in [3.63, 3.8) is 0 Å². The molecular weight excluding hydrogens is 304 g/mol. The van der Waals surface area contributed by atoms with Crippen LogP contribution in [0.4, 0.5) is 0 Å². The van der Waals surface area contributed by atoms with Gasteiger partial charge in [0.05, 0.1) is 13.2 Å². The zero-order chi connectivity index (χ0) is 17.4. The Kier molecular flexibility index (Phi) is 6.37. The van der Waals surface area contributed by atoms with Crippen LogP contribution >= 0.6 is 0 Å². The molecule has 0 heterocycles. The number of likely N-dealkylation sites (N-methyl/N-ethyl adjacent to an activating group) is 1. The van der Waals surface area contributed by atoms with Crippen LogP contribution < -0.4 is 10.1 Å². The molecule has 2 aromatic rings. The maximum atomic E-state index is 12.1. The van der Waals surface area contributed by atoms with Gasteiger partial charge < -0.3 is 15.0 Å². The van der Waals surface area contributed by atoms with Crippen LogP contribution in [0.25, 0.3) is 0 Å².